The van der Waals surface area contributed by atoms with E-state index in [0.717, 1.165) is 30.0 Å². The van der Waals surface area contributed by atoms with Crippen molar-refractivity contribution in [2.75, 3.05) is 19.8 Å². The SMILES string of the molecule is CCCOc1ccc(CNC(C)C)c(OCCO)c1. The van der Waals surface area contributed by atoms with Gasteiger partial charge >= 0.3 is 0 Å². The highest BCUT2D eigenvalue weighted by atomic mass is 16.5. The Balaban J connectivity index is 2.76. The molecule has 0 aliphatic heterocycles. The van der Waals surface area contributed by atoms with Gasteiger partial charge in [-0.15, -0.1) is 0 Å². The molecule has 0 unspecified atom stereocenters. The van der Waals surface area contributed by atoms with E-state index in [2.05, 4.69) is 26.1 Å². The molecule has 0 bridgehead atoms. The molecule has 0 amide bonds. The number of aliphatic hydroxyl groups is 1. The fraction of sp³-hybridized carbons (Fsp3) is 0.600. The molecule has 0 aliphatic rings. The normalized spacial score (nSPS) is 10.8. The van der Waals surface area contributed by atoms with E-state index in [9.17, 15) is 0 Å². The van der Waals surface area contributed by atoms with Crippen molar-refractivity contribution in [2.24, 2.45) is 0 Å². The van der Waals surface area contributed by atoms with Gasteiger partial charge in [-0.05, 0) is 12.5 Å². The Bertz CT molecular complexity index is 366. The number of nitrogens with one attached hydrogen (secondary N) is 1. The van der Waals surface area contributed by atoms with Gasteiger partial charge in [0.15, 0.2) is 0 Å². The molecule has 0 heterocycles. The summed E-state index contributed by atoms with van der Waals surface area (Å²) in [5.74, 6) is 1.58. The van der Waals surface area contributed by atoms with Gasteiger partial charge in [0.25, 0.3) is 0 Å². The second-order valence-electron chi connectivity index (χ2n) is 4.73. The first-order valence-electron chi connectivity index (χ1n) is 6.90. The van der Waals surface area contributed by atoms with Gasteiger partial charge in [-0.2, -0.15) is 0 Å². The summed E-state index contributed by atoms with van der Waals surface area (Å²) >= 11 is 0. The second kappa shape index (κ2) is 8.77. The third-order valence-corrected chi connectivity index (χ3v) is 2.56. The maximum Gasteiger partial charge on any atom is 0.127 e. The molecular formula is C15H25NO3. The maximum atomic E-state index is 8.88. The van der Waals surface area contributed by atoms with Crippen LogP contribution in [0, 0.1) is 0 Å². The van der Waals surface area contributed by atoms with Gasteiger partial charge in [-0.3, -0.25) is 0 Å². The Kier molecular flexibility index (Phi) is 7.30. The zero-order chi connectivity index (χ0) is 14.1. The molecule has 0 radical (unpaired) electrons. The number of ether oxygens (including phenoxy) is 2. The predicted octanol–water partition coefficient (Wildman–Crippen LogP) is 2.34. The minimum absolute atomic E-state index is 0.0110. The van der Waals surface area contributed by atoms with E-state index < -0.39 is 0 Å². The molecule has 0 saturated carbocycles. The number of hydrogen-bond donors (Lipinski definition) is 2. The third kappa shape index (κ3) is 5.94. The van der Waals surface area contributed by atoms with Crippen molar-refractivity contribution in [1.29, 1.82) is 0 Å². The van der Waals surface area contributed by atoms with Crippen molar-refractivity contribution in [3.05, 3.63) is 23.8 Å². The van der Waals surface area contributed by atoms with E-state index in [1.807, 2.05) is 18.2 Å². The lowest BCUT2D eigenvalue weighted by Crippen LogP contribution is -2.22. The van der Waals surface area contributed by atoms with Crippen molar-refractivity contribution in [3.8, 4) is 11.5 Å². The monoisotopic (exact) mass is 267 g/mol. The van der Waals surface area contributed by atoms with Crippen LogP contribution < -0.4 is 14.8 Å². The fourth-order valence-corrected chi connectivity index (χ4v) is 1.59. The first-order valence-corrected chi connectivity index (χ1v) is 6.90. The van der Waals surface area contributed by atoms with Gasteiger partial charge in [0.05, 0.1) is 13.2 Å². The van der Waals surface area contributed by atoms with Crippen LogP contribution in [0.15, 0.2) is 18.2 Å². The first kappa shape index (κ1) is 15.8. The third-order valence-electron chi connectivity index (χ3n) is 2.56. The molecule has 19 heavy (non-hydrogen) atoms. The lowest BCUT2D eigenvalue weighted by molar-refractivity contribution is 0.199. The van der Waals surface area contributed by atoms with Crippen LogP contribution in [0.25, 0.3) is 0 Å². The highest BCUT2D eigenvalue weighted by Crippen LogP contribution is 2.25. The van der Waals surface area contributed by atoms with E-state index in [-0.39, 0.29) is 6.61 Å². The molecule has 108 valence electrons. The lowest BCUT2D eigenvalue weighted by Gasteiger charge is -2.15. The van der Waals surface area contributed by atoms with Crippen molar-refractivity contribution in [2.45, 2.75) is 39.8 Å². The first-order chi connectivity index (χ1) is 9.17. The van der Waals surface area contributed by atoms with Gasteiger partial charge in [0.2, 0.25) is 0 Å². The van der Waals surface area contributed by atoms with Gasteiger partial charge in [-0.25, -0.2) is 0 Å². The maximum absolute atomic E-state index is 8.88. The Morgan fingerprint density at radius 2 is 2.00 bits per heavy atom. The van der Waals surface area contributed by atoms with Crippen LogP contribution in [0.5, 0.6) is 11.5 Å². The van der Waals surface area contributed by atoms with Crippen molar-refractivity contribution in [3.63, 3.8) is 0 Å². The molecule has 0 aliphatic carbocycles. The largest absolute Gasteiger partial charge is 0.493 e. The van der Waals surface area contributed by atoms with E-state index in [4.69, 9.17) is 14.6 Å². The van der Waals surface area contributed by atoms with E-state index in [1.54, 1.807) is 0 Å². The van der Waals surface area contributed by atoms with Crippen molar-refractivity contribution >= 4 is 0 Å². The molecule has 4 heteroatoms. The van der Waals surface area contributed by atoms with E-state index in [1.165, 1.54) is 0 Å². The number of benzene rings is 1. The van der Waals surface area contributed by atoms with Gasteiger partial charge in [0.1, 0.15) is 18.1 Å². The summed E-state index contributed by atoms with van der Waals surface area (Å²) in [6.07, 6.45) is 0.976. The van der Waals surface area contributed by atoms with Crippen LogP contribution in [0.2, 0.25) is 0 Å². The summed E-state index contributed by atoms with van der Waals surface area (Å²) in [6.45, 7) is 8.03. The molecule has 0 atom stereocenters. The van der Waals surface area contributed by atoms with E-state index in [0.29, 0.717) is 19.3 Å². The molecule has 1 rings (SSSR count). The summed E-state index contributed by atoms with van der Waals surface area (Å²) < 4.78 is 11.2. The topological polar surface area (TPSA) is 50.7 Å². The lowest BCUT2D eigenvalue weighted by atomic mass is 10.2. The van der Waals surface area contributed by atoms with E-state index >= 15 is 0 Å². The molecule has 0 saturated heterocycles. The molecule has 1 aromatic carbocycles. The Labute approximate surface area is 115 Å². The Morgan fingerprint density at radius 3 is 2.63 bits per heavy atom. The quantitative estimate of drug-likeness (QED) is 0.721. The van der Waals surface area contributed by atoms with Crippen LogP contribution in [-0.2, 0) is 6.54 Å². The summed E-state index contributed by atoms with van der Waals surface area (Å²) in [5.41, 5.74) is 1.07. The van der Waals surface area contributed by atoms with Crippen LogP contribution in [0.3, 0.4) is 0 Å². The summed E-state index contributed by atoms with van der Waals surface area (Å²) in [5, 5.41) is 12.2. The minimum Gasteiger partial charge on any atom is -0.493 e. The second-order valence-corrected chi connectivity index (χ2v) is 4.73. The van der Waals surface area contributed by atoms with Crippen LogP contribution >= 0.6 is 0 Å². The van der Waals surface area contributed by atoms with Crippen molar-refractivity contribution < 1.29 is 14.6 Å². The number of rotatable bonds is 9. The Morgan fingerprint density at radius 1 is 1.21 bits per heavy atom. The smallest absolute Gasteiger partial charge is 0.127 e. The summed E-state index contributed by atoms with van der Waals surface area (Å²) in [4.78, 5) is 0. The minimum atomic E-state index is 0.0110. The highest BCUT2D eigenvalue weighted by molar-refractivity contribution is 5.40. The molecular weight excluding hydrogens is 242 g/mol. The van der Waals surface area contributed by atoms with Gasteiger partial charge in [0, 0.05) is 24.2 Å². The molecule has 1 aromatic rings. The molecule has 4 nitrogen and oxygen atoms in total. The zero-order valence-electron chi connectivity index (χ0n) is 12.1. The number of aliphatic hydroxyl groups excluding tert-OH is 1. The molecule has 0 spiro atoms. The number of hydrogen-bond acceptors (Lipinski definition) is 4. The molecule has 0 fully saturated rings. The average Bonchev–Trinajstić information content (AvgIpc) is 2.41. The predicted molar refractivity (Wildman–Crippen MR) is 76.8 cm³/mol. The standard InChI is InChI=1S/C15H25NO3/c1-4-8-18-14-6-5-13(11-16-12(2)3)15(10-14)19-9-7-17/h5-6,10,12,16-17H,4,7-9,11H2,1-3H3. The van der Waals surface area contributed by atoms with Crippen LogP contribution in [0.1, 0.15) is 32.8 Å². The average molecular weight is 267 g/mol. The highest BCUT2D eigenvalue weighted by Gasteiger charge is 2.07. The summed E-state index contributed by atoms with van der Waals surface area (Å²) in [6, 6.07) is 6.27. The zero-order valence-corrected chi connectivity index (χ0v) is 12.1. The van der Waals surface area contributed by atoms with Gasteiger partial charge < -0.3 is 19.9 Å². The molecule has 0 aromatic heterocycles. The summed E-state index contributed by atoms with van der Waals surface area (Å²) in [7, 11) is 0. The van der Waals surface area contributed by atoms with Gasteiger partial charge in [-0.1, -0.05) is 26.8 Å². The molecule has 2 N–H and O–H groups in total. The van der Waals surface area contributed by atoms with Crippen molar-refractivity contribution in [1.82, 2.24) is 5.32 Å². The Hall–Kier alpha value is -1.26. The van der Waals surface area contributed by atoms with Crippen LogP contribution in [-0.4, -0.2) is 31.0 Å². The van der Waals surface area contributed by atoms with Crippen LogP contribution in [0.4, 0.5) is 0 Å². The fourth-order valence-electron chi connectivity index (χ4n) is 1.59.